The third-order valence-electron chi connectivity index (χ3n) is 4.56. The SMILES string of the molecule is Cc1ccc(NCCC(=O)OC2CCC(C)C(C)C2)cc1. The Kier molecular flexibility index (Phi) is 5.66. The summed E-state index contributed by atoms with van der Waals surface area (Å²) in [6, 6.07) is 8.19. The van der Waals surface area contributed by atoms with Crippen LogP contribution in [0.1, 0.15) is 45.1 Å². The van der Waals surface area contributed by atoms with Gasteiger partial charge in [0.25, 0.3) is 0 Å². The minimum absolute atomic E-state index is 0.0821. The van der Waals surface area contributed by atoms with Crippen LogP contribution in [0.15, 0.2) is 24.3 Å². The first-order chi connectivity index (χ1) is 10.0. The van der Waals surface area contributed by atoms with Crippen LogP contribution in [0.5, 0.6) is 0 Å². The van der Waals surface area contributed by atoms with Crippen LogP contribution in [0.4, 0.5) is 5.69 Å². The molecule has 2 rings (SSSR count). The van der Waals surface area contributed by atoms with Gasteiger partial charge in [-0.2, -0.15) is 0 Å². The van der Waals surface area contributed by atoms with Crippen molar-refractivity contribution in [3.63, 3.8) is 0 Å². The van der Waals surface area contributed by atoms with Crippen molar-refractivity contribution in [1.82, 2.24) is 0 Å². The third-order valence-corrected chi connectivity index (χ3v) is 4.56. The van der Waals surface area contributed by atoms with Crippen LogP contribution in [-0.2, 0) is 9.53 Å². The number of carbonyl (C=O) groups excluding carboxylic acids is 1. The largest absolute Gasteiger partial charge is 0.462 e. The van der Waals surface area contributed by atoms with Crippen LogP contribution in [-0.4, -0.2) is 18.6 Å². The molecule has 3 heteroatoms. The van der Waals surface area contributed by atoms with E-state index >= 15 is 0 Å². The highest BCUT2D eigenvalue weighted by molar-refractivity contribution is 5.70. The summed E-state index contributed by atoms with van der Waals surface area (Å²) in [5.41, 5.74) is 2.29. The number of anilines is 1. The third kappa shape index (κ3) is 5.07. The first-order valence-electron chi connectivity index (χ1n) is 8.04. The van der Waals surface area contributed by atoms with Gasteiger partial charge in [0.2, 0.25) is 0 Å². The molecule has 3 atom stereocenters. The summed E-state index contributed by atoms with van der Waals surface area (Å²) >= 11 is 0. The van der Waals surface area contributed by atoms with E-state index in [0.29, 0.717) is 18.9 Å². The molecule has 0 aromatic heterocycles. The number of hydrogen-bond acceptors (Lipinski definition) is 3. The van der Waals surface area contributed by atoms with Crippen LogP contribution in [0.25, 0.3) is 0 Å². The lowest BCUT2D eigenvalue weighted by atomic mass is 9.80. The van der Waals surface area contributed by atoms with Gasteiger partial charge in [0.15, 0.2) is 0 Å². The van der Waals surface area contributed by atoms with Crippen LogP contribution in [0.3, 0.4) is 0 Å². The first-order valence-corrected chi connectivity index (χ1v) is 8.04. The Hall–Kier alpha value is -1.51. The van der Waals surface area contributed by atoms with Crippen molar-refractivity contribution < 1.29 is 9.53 Å². The maximum absolute atomic E-state index is 11.9. The summed E-state index contributed by atoms with van der Waals surface area (Å²) in [7, 11) is 0. The predicted octanol–water partition coefficient (Wildman–Crippen LogP) is 4.16. The highest BCUT2D eigenvalue weighted by Gasteiger charge is 2.26. The maximum atomic E-state index is 11.9. The molecule has 0 heterocycles. The zero-order chi connectivity index (χ0) is 15.2. The Morgan fingerprint density at radius 2 is 1.90 bits per heavy atom. The number of rotatable bonds is 5. The van der Waals surface area contributed by atoms with Gasteiger partial charge in [-0.3, -0.25) is 4.79 Å². The van der Waals surface area contributed by atoms with E-state index in [1.165, 1.54) is 12.0 Å². The van der Waals surface area contributed by atoms with Crippen LogP contribution in [0, 0.1) is 18.8 Å². The van der Waals surface area contributed by atoms with E-state index in [0.717, 1.165) is 24.4 Å². The number of hydrogen-bond donors (Lipinski definition) is 1. The summed E-state index contributed by atoms with van der Waals surface area (Å²) in [4.78, 5) is 11.9. The molecule has 3 nitrogen and oxygen atoms in total. The average molecular weight is 289 g/mol. The van der Waals surface area contributed by atoms with E-state index in [2.05, 4.69) is 38.2 Å². The second-order valence-corrected chi connectivity index (χ2v) is 6.42. The van der Waals surface area contributed by atoms with Gasteiger partial charge in [0, 0.05) is 12.2 Å². The van der Waals surface area contributed by atoms with Gasteiger partial charge in [0.05, 0.1) is 6.42 Å². The molecule has 1 aromatic rings. The van der Waals surface area contributed by atoms with Crippen molar-refractivity contribution in [3.05, 3.63) is 29.8 Å². The standard InChI is InChI=1S/C18H27NO2/c1-13-4-7-16(8-5-13)19-11-10-18(20)21-17-9-6-14(2)15(3)12-17/h4-5,7-8,14-15,17,19H,6,9-12H2,1-3H3. The molecule has 1 saturated carbocycles. The summed E-state index contributed by atoms with van der Waals surface area (Å²) in [5, 5.41) is 3.26. The van der Waals surface area contributed by atoms with E-state index in [4.69, 9.17) is 4.74 Å². The normalized spacial score (nSPS) is 25.4. The Morgan fingerprint density at radius 3 is 2.57 bits per heavy atom. The molecule has 0 aliphatic heterocycles. The Balaban J connectivity index is 1.67. The molecule has 0 spiro atoms. The van der Waals surface area contributed by atoms with Crippen molar-refractivity contribution in [2.24, 2.45) is 11.8 Å². The van der Waals surface area contributed by atoms with Gasteiger partial charge in [-0.25, -0.2) is 0 Å². The summed E-state index contributed by atoms with van der Waals surface area (Å²) in [6.07, 6.45) is 3.75. The van der Waals surface area contributed by atoms with Crippen LogP contribution in [0.2, 0.25) is 0 Å². The van der Waals surface area contributed by atoms with Gasteiger partial charge in [0.1, 0.15) is 6.10 Å². The minimum Gasteiger partial charge on any atom is -0.462 e. The molecule has 1 aromatic carbocycles. The maximum Gasteiger partial charge on any atom is 0.307 e. The Morgan fingerprint density at radius 1 is 1.19 bits per heavy atom. The number of ether oxygens (including phenoxy) is 1. The Labute approximate surface area is 128 Å². The fraction of sp³-hybridized carbons (Fsp3) is 0.611. The smallest absolute Gasteiger partial charge is 0.307 e. The molecule has 116 valence electrons. The van der Waals surface area contributed by atoms with Crippen LogP contribution < -0.4 is 5.32 Å². The summed E-state index contributed by atoms with van der Waals surface area (Å²) < 4.78 is 5.59. The van der Waals surface area contributed by atoms with Gasteiger partial charge >= 0.3 is 5.97 Å². The quantitative estimate of drug-likeness (QED) is 0.827. The summed E-state index contributed by atoms with van der Waals surface area (Å²) in [6.45, 7) is 7.23. The second kappa shape index (κ2) is 7.48. The van der Waals surface area contributed by atoms with Crippen molar-refractivity contribution in [2.45, 2.75) is 52.6 Å². The van der Waals surface area contributed by atoms with E-state index in [9.17, 15) is 4.79 Å². The molecule has 0 radical (unpaired) electrons. The topological polar surface area (TPSA) is 38.3 Å². The second-order valence-electron chi connectivity index (χ2n) is 6.42. The fourth-order valence-electron chi connectivity index (χ4n) is 2.83. The molecule has 21 heavy (non-hydrogen) atoms. The average Bonchev–Trinajstić information content (AvgIpc) is 2.45. The van der Waals surface area contributed by atoms with Gasteiger partial charge in [-0.1, -0.05) is 31.5 Å². The van der Waals surface area contributed by atoms with Gasteiger partial charge in [-0.15, -0.1) is 0 Å². The molecule has 3 unspecified atom stereocenters. The zero-order valence-electron chi connectivity index (χ0n) is 13.4. The molecular weight excluding hydrogens is 262 g/mol. The molecule has 0 saturated heterocycles. The van der Waals surface area contributed by atoms with E-state index in [-0.39, 0.29) is 12.1 Å². The van der Waals surface area contributed by atoms with Gasteiger partial charge < -0.3 is 10.1 Å². The zero-order valence-corrected chi connectivity index (χ0v) is 13.4. The molecule has 1 fully saturated rings. The van der Waals surface area contributed by atoms with Gasteiger partial charge in [-0.05, 0) is 50.2 Å². The highest BCUT2D eigenvalue weighted by Crippen LogP contribution is 2.31. The van der Waals surface area contributed by atoms with Crippen molar-refractivity contribution >= 4 is 11.7 Å². The minimum atomic E-state index is -0.0821. The number of esters is 1. The molecule has 1 aliphatic rings. The molecule has 1 aliphatic carbocycles. The number of carbonyl (C=O) groups is 1. The number of aryl methyl sites for hydroxylation is 1. The van der Waals surface area contributed by atoms with Crippen LogP contribution >= 0.6 is 0 Å². The predicted molar refractivity (Wildman–Crippen MR) is 86.3 cm³/mol. The molecule has 0 bridgehead atoms. The molecular formula is C18H27NO2. The lowest BCUT2D eigenvalue weighted by molar-refractivity contribution is -0.151. The fourth-order valence-corrected chi connectivity index (χ4v) is 2.83. The Bertz CT molecular complexity index is 455. The molecule has 0 amide bonds. The van der Waals surface area contributed by atoms with E-state index in [1.807, 2.05) is 12.1 Å². The van der Waals surface area contributed by atoms with Crippen molar-refractivity contribution in [1.29, 1.82) is 0 Å². The summed E-state index contributed by atoms with van der Waals surface area (Å²) in [5.74, 6) is 1.33. The highest BCUT2D eigenvalue weighted by atomic mass is 16.5. The van der Waals surface area contributed by atoms with E-state index in [1.54, 1.807) is 0 Å². The monoisotopic (exact) mass is 289 g/mol. The van der Waals surface area contributed by atoms with E-state index < -0.39 is 0 Å². The number of nitrogens with one attached hydrogen (secondary N) is 1. The van der Waals surface area contributed by atoms with Crippen molar-refractivity contribution in [3.8, 4) is 0 Å². The lowest BCUT2D eigenvalue weighted by Crippen LogP contribution is -2.29. The lowest BCUT2D eigenvalue weighted by Gasteiger charge is -2.31. The first kappa shape index (κ1) is 15.9. The number of benzene rings is 1. The molecule has 1 N–H and O–H groups in total. The van der Waals surface area contributed by atoms with Crippen molar-refractivity contribution in [2.75, 3.05) is 11.9 Å².